The average molecular weight is 381 g/mol. The Morgan fingerprint density at radius 1 is 1.37 bits per heavy atom. The van der Waals surface area contributed by atoms with E-state index in [1.54, 1.807) is 25.4 Å². The highest BCUT2D eigenvalue weighted by molar-refractivity contribution is 5.99. The van der Waals surface area contributed by atoms with Crippen LogP contribution in [0.3, 0.4) is 0 Å². The van der Waals surface area contributed by atoms with Gasteiger partial charge in [-0.1, -0.05) is 31.4 Å². The van der Waals surface area contributed by atoms with Gasteiger partial charge in [0, 0.05) is 17.7 Å². The van der Waals surface area contributed by atoms with Crippen LogP contribution in [0.15, 0.2) is 30.5 Å². The van der Waals surface area contributed by atoms with Crippen LogP contribution in [-0.2, 0) is 4.79 Å². The lowest BCUT2D eigenvalue weighted by molar-refractivity contribution is -0.111. The molecular formula is C19H22F3N3O2. The van der Waals surface area contributed by atoms with Crippen molar-refractivity contribution in [1.29, 1.82) is 5.26 Å². The van der Waals surface area contributed by atoms with Crippen molar-refractivity contribution in [2.45, 2.75) is 38.8 Å². The number of aromatic nitrogens is 1. The summed E-state index contributed by atoms with van der Waals surface area (Å²) in [4.78, 5) is 15.7. The third-order valence-corrected chi connectivity index (χ3v) is 3.88. The predicted octanol–water partition coefficient (Wildman–Crippen LogP) is 4.88. The van der Waals surface area contributed by atoms with E-state index in [-0.39, 0.29) is 5.91 Å². The van der Waals surface area contributed by atoms with Gasteiger partial charge in [-0.15, -0.1) is 0 Å². The van der Waals surface area contributed by atoms with Gasteiger partial charge < -0.3 is 10.1 Å². The van der Waals surface area contributed by atoms with Crippen LogP contribution in [0.25, 0.3) is 6.08 Å². The summed E-state index contributed by atoms with van der Waals surface area (Å²) in [5.74, 6) is 1.33. The molecule has 27 heavy (non-hydrogen) atoms. The average Bonchev–Trinajstić information content (AvgIpc) is 2.65. The first kappa shape index (κ1) is 22.2. The molecule has 146 valence electrons. The zero-order chi connectivity index (χ0) is 20.1. The van der Waals surface area contributed by atoms with Crippen LogP contribution >= 0.6 is 0 Å². The molecule has 1 aromatic rings. The number of allylic oxidation sites excluding steroid dienone is 2. The van der Waals surface area contributed by atoms with E-state index < -0.39 is 6.68 Å². The van der Waals surface area contributed by atoms with Crippen molar-refractivity contribution in [3.63, 3.8) is 0 Å². The van der Waals surface area contributed by atoms with E-state index in [1.165, 1.54) is 38.2 Å². The van der Waals surface area contributed by atoms with Gasteiger partial charge in [0.15, 0.2) is 0 Å². The minimum Gasteiger partial charge on any atom is -0.495 e. The van der Waals surface area contributed by atoms with Crippen molar-refractivity contribution < 1.29 is 22.7 Å². The van der Waals surface area contributed by atoms with Gasteiger partial charge >= 0.3 is 6.68 Å². The summed E-state index contributed by atoms with van der Waals surface area (Å²) in [6.07, 6.45) is 14.5. The topological polar surface area (TPSA) is 75.0 Å². The van der Waals surface area contributed by atoms with Gasteiger partial charge in [-0.2, -0.15) is 18.4 Å². The van der Waals surface area contributed by atoms with Crippen molar-refractivity contribution in [3.05, 3.63) is 36.1 Å². The Hall–Kier alpha value is -2.82. The number of carbonyl (C=O) groups is 1. The van der Waals surface area contributed by atoms with E-state index in [1.807, 2.05) is 6.08 Å². The number of rotatable bonds is 5. The van der Waals surface area contributed by atoms with Crippen LogP contribution in [0.4, 0.5) is 19.0 Å². The molecule has 0 aromatic carbocycles. The molecule has 1 aliphatic rings. The summed E-state index contributed by atoms with van der Waals surface area (Å²) in [7, 11) is 1.60. The number of methoxy groups -OCH3 is 1. The quantitative estimate of drug-likeness (QED) is 0.583. The first-order valence-corrected chi connectivity index (χ1v) is 8.48. The van der Waals surface area contributed by atoms with Gasteiger partial charge in [-0.3, -0.25) is 4.79 Å². The van der Waals surface area contributed by atoms with Gasteiger partial charge in [-0.05, 0) is 24.8 Å². The van der Waals surface area contributed by atoms with E-state index in [9.17, 15) is 18.0 Å². The Balaban J connectivity index is 0.000000828. The Kier molecular flexibility index (Phi) is 10.3. The van der Waals surface area contributed by atoms with Crippen molar-refractivity contribution >= 4 is 17.8 Å². The van der Waals surface area contributed by atoms with E-state index in [0.29, 0.717) is 17.5 Å². The third-order valence-electron chi connectivity index (χ3n) is 3.88. The van der Waals surface area contributed by atoms with Gasteiger partial charge in [0.05, 0.1) is 19.4 Å². The van der Waals surface area contributed by atoms with Gasteiger partial charge in [0.2, 0.25) is 5.91 Å². The first-order chi connectivity index (χ1) is 13.0. The molecule has 1 N–H and O–H groups in total. The van der Waals surface area contributed by atoms with Crippen LogP contribution in [0, 0.1) is 17.2 Å². The number of anilines is 1. The molecule has 0 radical (unpaired) electrons. The molecule has 1 saturated carbocycles. The summed E-state index contributed by atoms with van der Waals surface area (Å²) in [5, 5.41) is 11.1. The monoisotopic (exact) mass is 381 g/mol. The first-order valence-electron chi connectivity index (χ1n) is 8.48. The molecule has 0 unspecified atom stereocenters. The largest absolute Gasteiger partial charge is 0.495 e. The molecule has 1 fully saturated rings. The maximum atomic E-state index is 11.6. The summed E-state index contributed by atoms with van der Waals surface area (Å²) < 4.78 is 34.3. The standard InChI is InChI=1S/C18H21N3O2.CHF3/c1-23-16-13-20-17(21-18(22)8-5-11-19)12-15(16)10-9-14-6-3-2-4-7-14;2-1(3)4/h5,8-10,12-14H,2-4,6-7H2,1H3,(H,20,21,22);1H/b8-5+,10-9+;. The molecule has 1 aliphatic carbocycles. The second-order valence-corrected chi connectivity index (χ2v) is 5.77. The molecule has 5 nitrogen and oxygen atoms in total. The Labute approximate surface area is 156 Å². The smallest absolute Gasteiger partial charge is 0.379 e. The second kappa shape index (κ2) is 12.5. The highest BCUT2D eigenvalue weighted by Gasteiger charge is 2.11. The molecular weight excluding hydrogens is 359 g/mol. The predicted molar refractivity (Wildman–Crippen MR) is 96.9 cm³/mol. The number of hydrogen-bond acceptors (Lipinski definition) is 4. The summed E-state index contributed by atoms with van der Waals surface area (Å²) in [6, 6.07) is 3.55. The van der Waals surface area contributed by atoms with E-state index in [2.05, 4.69) is 16.4 Å². The number of halogens is 3. The van der Waals surface area contributed by atoms with Crippen LogP contribution in [0.1, 0.15) is 37.7 Å². The van der Waals surface area contributed by atoms with Crippen LogP contribution in [0.2, 0.25) is 0 Å². The van der Waals surface area contributed by atoms with Crippen LogP contribution < -0.4 is 10.1 Å². The fourth-order valence-electron chi connectivity index (χ4n) is 2.67. The van der Waals surface area contributed by atoms with Crippen molar-refractivity contribution in [2.75, 3.05) is 12.4 Å². The summed E-state index contributed by atoms with van der Waals surface area (Å²) in [5.41, 5.74) is 0.882. The van der Waals surface area contributed by atoms with E-state index >= 15 is 0 Å². The van der Waals surface area contributed by atoms with Crippen molar-refractivity contribution in [1.82, 2.24) is 4.98 Å². The lowest BCUT2D eigenvalue weighted by Crippen LogP contribution is -2.09. The zero-order valence-electron chi connectivity index (χ0n) is 15.0. The highest BCUT2D eigenvalue weighted by Crippen LogP contribution is 2.27. The summed E-state index contributed by atoms with van der Waals surface area (Å²) in [6.45, 7) is -3.67. The SMILES string of the molecule is COc1cnc(NC(=O)/C=C/C#N)cc1/C=C/C1CCCCC1.FC(F)F. The number of pyridine rings is 1. The molecule has 0 atom stereocenters. The maximum Gasteiger partial charge on any atom is 0.379 e. The maximum absolute atomic E-state index is 11.6. The molecule has 0 bridgehead atoms. The molecule has 0 saturated heterocycles. The number of alkyl halides is 3. The number of amides is 1. The molecule has 1 heterocycles. The van der Waals surface area contributed by atoms with Gasteiger partial charge in [-0.25, -0.2) is 4.98 Å². The van der Waals surface area contributed by atoms with Gasteiger partial charge in [0.25, 0.3) is 0 Å². The number of hydrogen-bond donors (Lipinski definition) is 1. The van der Waals surface area contributed by atoms with Gasteiger partial charge in [0.1, 0.15) is 11.6 Å². The van der Waals surface area contributed by atoms with Crippen LogP contribution in [-0.4, -0.2) is 24.7 Å². The molecule has 8 heteroatoms. The fraction of sp³-hybridized carbons (Fsp3) is 0.421. The third kappa shape index (κ3) is 9.45. The minimum absolute atomic E-state index is 0.383. The minimum atomic E-state index is -3.67. The lowest BCUT2D eigenvalue weighted by Gasteiger charge is -2.18. The zero-order valence-corrected chi connectivity index (χ0v) is 15.0. The van der Waals surface area contributed by atoms with Crippen LogP contribution in [0.5, 0.6) is 5.75 Å². The summed E-state index contributed by atoms with van der Waals surface area (Å²) >= 11 is 0. The van der Waals surface area contributed by atoms with E-state index in [0.717, 1.165) is 11.6 Å². The molecule has 1 aromatic heterocycles. The van der Waals surface area contributed by atoms with E-state index in [4.69, 9.17) is 10.00 Å². The Morgan fingerprint density at radius 2 is 2.04 bits per heavy atom. The highest BCUT2D eigenvalue weighted by atomic mass is 19.4. The molecule has 0 spiro atoms. The number of carbonyl (C=O) groups excluding carboxylic acids is 1. The molecule has 2 rings (SSSR count). The fourth-order valence-corrected chi connectivity index (χ4v) is 2.67. The number of nitriles is 1. The normalized spacial score (nSPS) is 14.7. The molecule has 1 amide bonds. The number of ether oxygens (including phenoxy) is 1. The number of nitrogens with one attached hydrogen (secondary N) is 1. The van der Waals surface area contributed by atoms with Crippen molar-refractivity contribution in [3.8, 4) is 11.8 Å². The number of nitrogens with zero attached hydrogens (tertiary/aromatic N) is 2. The second-order valence-electron chi connectivity index (χ2n) is 5.77. The lowest BCUT2D eigenvalue weighted by atomic mass is 9.89. The van der Waals surface area contributed by atoms with Crippen molar-refractivity contribution in [2.24, 2.45) is 5.92 Å². The Morgan fingerprint density at radius 3 is 2.63 bits per heavy atom. The Bertz CT molecular complexity index is 691. The molecule has 0 aliphatic heterocycles.